The zero-order valence-electron chi connectivity index (χ0n) is 20.9. The molecule has 1 aromatic heterocycles. The van der Waals surface area contributed by atoms with Gasteiger partial charge in [0.15, 0.2) is 0 Å². The third-order valence-electron chi connectivity index (χ3n) is 6.98. The van der Waals surface area contributed by atoms with E-state index in [0.29, 0.717) is 24.2 Å². The summed E-state index contributed by atoms with van der Waals surface area (Å²) >= 11 is 0. The van der Waals surface area contributed by atoms with Gasteiger partial charge in [0.25, 0.3) is 5.91 Å². The fraction of sp³-hybridized carbons (Fsp3) is 0.464. The van der Waals surface area contributed by atoms with E-state index in [-0.39, 0.29) is 47.5 Å². The van der Waals surface area contributed by atoms with Crippen LogP contribution in [0.3, 0.4) is 0 Å². The molecule has 1 N–H and O–H groups in total. The molecule has 1 fully saturated rings. The maximum absolute atomic E-state index is 13.5. The number of aliphatic hydroxyl groups is 1. The van der Waals surface area contributed by atoms with Crippen LogP contribution < -0.4 is 4.74 Å². The van der Waals surface area contributed by atoms with Crippen molar-refractivity contribution in [2.45, 2.75) is 45.3 Å². The van der Waals surface area contributed by atoms with Gasteiger partial charge in [0.1, 0.15) is 17.5 Å². The van der Waals surface area contributed by atoms with E-state index in [2.05, 4.69) is 16.8 Å². The van der Waals surface area contributed by atoms with Crippen LogP contribution in [-0.2, 0) is 4.79 Å². The van der Waals surface area contributed by atoms with Crippen molar-refractivity contribution in [3.8, 4) is 17.7 Å². The predicted octanol–water partition coefficient (Wildman–Crippen LogP) is 3.10. The number of nitrogens with zero attached hydrogens (tertiary/aromatic N) is 3. The summed E-state index contributed by atoms with van der Waals surface area (Å²) < 4.78 is 19.7. The van der Waals surface area contributed by atoms with E-state index >= 15 is 0 Å². The summed E-state index contributed by atoms with van der Waals surface area (Å²) in [6.45, 7) is 4.30. The predicted molar refractivity (Wildman–Crippen MR) is 133 cm³/mol. The van der Waals surface area contributed by atoms with Gasteiger partial charge in [-0.25, -0.2) is 9.37 Å². The Kier molecular flexibility index (Phi) is 7.90. The number of halogens is 1. The average molecular weight is 494 g/mol. The van der Waals surface area contributed by atoms with Crippen molar-refractivity contribution in [1.82, 2.24) is 14.8 Å². The molecular formula is C28H32FN3O4. The van der Waals surface area contributed by atoms with E-state index < -0.39 is 12.1 Å². The molecular weight excluding hydrogens is 461 g/mol. The zero-order chi connectivity index (χ0) is 25.8. The number of amides is 2. The number of likely N-dealkylation sites (N-methyl/N-ethyl adjacent to an activating group) is 1. The van der Waals surface area contributed by atoms with Gasteiger partial charge in [-0.05, 0) is 44.0 Å². The number of aliphatic hydroxyl groups excluding tert-OH is 1. The normalized spacial score (nSPS) is 20.6. The fourth-order valence-corrected chi connectivity index (χ4v) is 4.43. The molecule has 36 heavy (non-hydrogen) atoms. The number of carbonyl (C=O) groups excluding carboxylic acids is 2. The number of benzene rings is 1. The van der Waals surface area contributed by atoms with E-state index in [1.165, 1.54) is 18.3 Å². The van der Waals surface area contributed by atoms with Crippen LogP contribution in [0.2, 0.25) is 0 Å². The van der Waals surface area contributed by atoms with Crippen molar-refractivity contribution in [1.29, 1.82) is 0 Å². The molecule has 190 valence electrons. The first-order valence-corrected chi connectivity index (χ1v) is 12.4. The molecule has 2 aromatic rings. The van der Waals surface area contributed by atoms with E-state index in [9.17, 15) is 19.1 Å². The Bertz CT molecular complexity index is 1190. The Hall–Kier alpha value is -3.44. The highest BCUT2D eigenvalue weighted by Gasteiger charge is 2.36. The van der Waals surface area contributed by atoms with E-state index in [4.69, 9.17) is 4.74 Å². The van der Waals surface area contributed by atoms with Crippen molar-refractivity contribution in [2.75, 3.05) is 26.7 Å². The summed E-state index contributed by atoms with van der Waals surface area (Å²) in [7, 11) is 1.79. The molecule has 0 saturated heterocycles. The van der Waals surface area contributed by atoms with Gasteiger partial charge in [-0.1, -0.05) is 31.3 Å². The van der Waals surface area contributed by atoms with Crippen LogP contribution in [0.1, 0.15) is 54.6 Å². The number of carbonyl (C=O) groups is 2. The number of ether oxygens (including phenoxy) is 1. The van der Waals surface area contributed by atoms with Crippen LogP contribution in [0.5, 0.6) is 5.88 Å². The van der Waals surface area contributed by atoms with Crippen LogP contribution >= 0.6 is 0 Å². The van der Waals surface area contributed by atoms with Crippen LogP contribution in [0.4, 0.5) is 4.39 Å². The lowest BCUT2D eigenvalue weighted by molar-refractivity contribution is -0.138. The SMILES string of the molecule is C[C@@H]1CN([C@H](C)CO)C(=O)c2cc(C#Cc3cccc(F)c3)cnc2O[C@H]1CN(C)C(=O)C1CCC1. The van der Waals surface area contributed by atoms with Gasteiger partial charge in [-0.3, -0.25) is 9.59 Å². The van der Waals surface area contributed by atoms with Crippen molar-refractivity contribution in [3.05, 3.63) is 59.0 Å². The highest BCUT2D eigenvalue weighted by atomic mass is 19.1. The Morgan fingerprint density at radius 3 is 2.72 bits per heavy atom. The minimum absolute atomic E-state index is 0.0796. The third kappa shape index (κ3) is 5.68. The van der Waals surface area contributed by atoms with Gasteiger partial charge in [0, 0.05) is 42.8 Å². The Labute approximate surface area is 211 Å². The first-order chi connectivity index (χ1) is 17.3. The lowest BCUT2D eigenvalue weighted by Crippen LogP contribution is -2.51. The molecule has 1 aromatic carbocycles. The second-order valence-corrected chi connectivity index (χ2v) is 9.81. The molecule has 1 aliphatic carbocycles. The molecule has 2 aliphatic rings. The Balaban J connectivity index is 1.64. The number of hydrogen-bond donors (Lipinski definition) is 1. The van der Waals surface area contributed by atoms with Crippen LogP contribution in [-0.4, -0.2) is 70.6 Å². The maximum Gasteiger partial charge on any atom is 0.259 e. The fourth-order valence-electron chi connectivity index (χ4n) is 4.43. The molecule has 7 nitrogen and oxygen atoms in total. The quantitative estimate of drug-likeness (QED) is 0.648. The first-order valence-electron chi connectivity index (χ1n) is 12.4. The molecule has 3 atom stereocenters. The van der Waals surface area contributed by atoms with E-state index in [1.807, 2.05) is 6.92 Å². The summed E-state index contributed by atoms with van der Waals surface area (Å²) in [6, 6.07) is 7.16. The molecule has 1 aliphatic heterocycles. The van der Waals surface area contributed by atoms with Crippen molar-refractivity contribution in [2.24, 2.45) is 11.8 Å². The summed E-state index contributed by atoms with van der Waals surface area (Å²) in [5.41, 5.74) is 1.23. The largest absolute Gasteiger partial charge is 0.472 e. The number of aromatic nitrogens is 1. The number of fused-ring (bicyclic) bond motifs is 1. The minimum Gasteiger partial charge on any atom is -0.472 e. The number of rotatable bonds is 5. The molecule has 1 saturated carbocycles. The van der Waals surface area contributed by atoms with Crippen molar-refractivity contribution >= 4 is 11.8 Å². The number of pyridine rings is 1. The molecule has 4 rings (SSSR count). The molecule has 0 radical (unpaired) electrons. The molecule has 8 heteroatoms. The monoisotopic (exact) mass is 493 g/mol. The van der Waals surface area contributed by atoms with Crippen molar-refractivity contribution in [3.63, 3.8) is 0 Å². The summed E-state index contributed by atoms with van der Waals surface area (Å²) in [5.74, 6) is 5.41. The second kappa shape index (κ2) is 11.1. The topological polar surface area (TPSA) is 83.0 Å². The lowest BCUT2D eigenvalue weighted by atomic mass is 9.84. The minimum atomic E-state index is -0.414. The first kappa shape index (κ1) is 25.6. The van der Waals surface area contributed by atoms with Gasteiger partial charge in [0.05, 0.1) is 19.2 Å². The molecule has 0 bridgehead atoms. The standard InChI is InChI=1S/C28H32FN3O4/c1-18-15-32(19(2)17-33)28(35)24-13-21(11-10-20-6-4-9-23(29)12-20)14-30-26(24)36-25(18)16-31(3)27(34)22-7-5-8-22/h4,6,9,12-14,18-19,22,25,33H,5,7-8,15-17H2,1-3H3/t18-,19-,25+/m1/s1. The lowest BCUT2D eigenvalue weighted by Gasteiger charge is -2.38. The van der Waals surface area contributed by atoms with Crippen LogP contribution in [0, 0.1) is 29.5 Å². The molecule has 2 amide bonds. The molecule has 0 spiro atoms. The third-order valence-corrected chi connectivity index (χ3v) is 6.98. The van der Waals surface area contributed by atoms with Gasteiger partial charge in [-0.15, -0.1) is 0 Å². The Morgan fingerprint density at radius 1 is 1.31 bits per heavy atom. The van der Waals surface area contributed by atoms with Crippen molar-refractivity contribution < 1.29 is 23.8 Å². The smallest absolute Gasteiger partial charge is 0.259 e. The van der Waals surface area contributed by atoms with Crippen LogP contribution in [0.25, 0.3) is 0 Å². The van der Waals surface area contributed by atoms with Gasteiger partial charge in [-0.2, -0.15) is 0 Å². The van der Waals surface area contributed by atoms with E-state index in [0.717, 1.165) is 19.3 Å². The van der Waals surface area contributed by atoms with Gasteiger partial charge < -0.3 is 19.6 Å². The highest BCUT2D eigenvalue weighted by Crippen LogP contribution is 2.30. The number of hydrogen-bond acceptors (Lipinski definition) is 5. The summed E-state index contributed by atoms with van der Waals surface area (Å²) in [6.07, 6.45) is 4.05. The average Bonchev–Trinajstić information content (AvgIpc) is 2.83. The van der Waals surface area contributed by atoms with Gasteiger partial charge in [0.2, 0.25) is 11.8 Å². The second-order valence-electron chi connectivity index (χ2n) is 9.81. The molecule has 0 unspecified atom stereocenters. The highest BCUT2D eigenvalue weighted by molar-refractivity contribution is 5.97. The van der Waals surface area contributed by atoms with E-state index in [1.54, 1.807) is 42.0 Å². The summed E-state index contributed by atoms with van der Waals surface area (Å²) in [5, 5.41) is 9.82. The maximum atomic E-state index is 13.5. The zero-order valence-corrected chi connectivity index (χ0v) is 20.9. The van der Waals surface area contributed by atoms with Crippen LogP contribution in [0.15, 0.2) is 36.5 Å². The Morgan fingerprint density at radius 2 is 2.06 bits per heavy atom. The summed E-state index contributed by atoms with van der Waals surface area (Å²) in [4.78, 5) is 34.0. The molecule has 2 heterocycles. The van der Waals surface area contributed by atoms with Gasteiger partial charge >= 0.3 is 0 Å².